The first-order valence-electron chi connectivity index (χ1n) is 7.65. The van der Waals surface area contributed by atoms with E-state index < -0.39 is 5.67 Å². The highest BCUT2D eigenvalue weighted by atomic mass is 19.1. The molecule has 3 rings (SSSR count). The molecule has 1 fully saturated rings. The van der Waals surface area contributed by atoms with Crippen LogP contribution in [0.2, 0.25) is 0 Å². The summed E-state index contributed by atoms with van der Waals surface area (Å²) in [5.41, 5.74) is -0.576. The predicted octanol–water partition coefficient (Wildman–Crippen LogP) is 2.92. The van der Waals surface area contributed by atoms with Crippen molar-refractivity contribution >= 4 is 11.0 Å². The number of halogens is 1. The van der Waals surface area contributed by atoms with Gasteiger partial charge in [-0.05, 0) is 39.0 Å². The average Bonchev–Trinajstić information content (AvgIpc) is 2.84. The number of rotatable bonds is 3. The lowest BCUT2D eigenvalue weighted by Crippen LogP contribution is -2.28. The highest BCUT2D eigenvalue weighted by Crippen LogP contribution is 2.37. The molecule has 2 aromatic rings. The Morgan fingerprint density at radius 2 is 2.19 bits per heavy atom. The maximum absolute atomic E-state index is 13.9. The van der Waals surface area contributed by atoms with Gasteiger partial charge in [-0.25, -0.2) is 14.1 Å². The summed E-state index contributed by atoms with van der Waals surface area (Å²) < 4.78 is 15.7. The number of nitrogens with one attached hydrogen (secondary N) is 1. The Bertz CT molecular complexity index is 693. The second-order valence-corrected chi connectivity index (χ2v) is 6.23. The summed E-state index contributed by atoms with van der Waals surface area (Å²) in [5.74, 6) is 0.697. The number of hydrogen-bond acceptors (Lipinski definition) is 3. The van der Waals surface area contributed by atoms with E-state index in [0.29, 0.717) is 29.7 Å². The topological polar surface area (TPSA) is 63.6 Å². The van der Waals surface area contributed by atoms with Crippen molar-refractivity contribution in [1.82, 2.24) is 19.7 Å². The molecule has 0 saturated heterocycles. The van der Waals surface area contributed by atoms with Gasteiger partial charge in [-0.2, -0.15) is 5.10 Å². The normalized spacial score (nSPS) is 26.3. The molecule has 0 amide bonds. The van der Waals surface area contributed by atoms with Gasteiger partial charge < -0.3 is 4.98 Å². The molecule has 21 heavy (non-hydrogen) atoms. The van der Waals surface area contributed by atoms with Gasteiger partial charge in [0.1, 0.15) is 16.9 Å². The van der Waals surface area contributed by atoms with Crippen LogP contribution in [-0.2, 0) is 6.42 Å². The molecule has 0 unspecified atom stereocenters. The summed E-state index contributed by atoms with van der Waals surface area (Å²) in [5, 5.41) is 4.86. The fourth-order valence-electron chi connectivity index (χ4n) is 3.05. The third-order valence-electron chi connectivity index (χ3n) is 4.34. The minimum Gasteiger partial charge on any atom is -0.310 e. The van der Waals surface area contributed by atoms with E-state index in [1.165, 1.54) is 0 Å². The van der Waals surface area contributed by atoms with Gasteiger partial charge in [0.05, 0.1) is 12.2 Å². The lowest BCUT2D eigenvalue weighted by atomic mass is 9.85. The molecule has 2 heterocycles. The van der Waals surface area contributed by atoms with Gasteiger partial charge in [0.2, 0.25) is 0 Å². The molecule has 0 spiro atoms. The number of aromatic amines is 1. The number of aromatic nitrogens is 4. The minimum absolute atomic E-state index is 0.134. The van der Waals surface area contributed by atoms with Gasteiger partial charge >= 0.3 is 0 Å². The largest absolute Gasteiger partial charge is 0.310 e. The molecule has 0 aliphatic heterocycles. The van der Waals surface area contributed by atoms with Crippen LogP contribution in [-0.4, -0.2) is 25.4 Å². The zero-order valence-corrected chi connectivity index (χ0v) is 12.5. The molecule has 0 radical (unpaired) electrons. The minimum atomic E-state index is -1.07. The van der Waals surface area contributed by atoms with Crippen LogP contribution >= 0.6 is 0 Å². The van der Waals surface area contributed by atoms with Crippen molar-refractivity contribution in [2.75, 3.05) is 0 Å². The summed E-state index contributed by atoms with van der Waals surface area (Å²) in [6.07, 6.45) is 5.77. The van der Waals surface area contributed by atoms with Crippen LogP contribution in [0.15, 0.2) is 11.0 Å². The van der Waals surface area contributed by atoms with Gasteiger partial charge in [-0.3, -0.25) is 4.79 Å². The highest BCUT2D eigenvalue weighted by Gasteiger charge is 2.32. The van der Waals surface area contributed by atoms with Gasteiger partial charge in [-0.1, -0.05) is 6.92 Å². The molecule has 1 N–H and O–H groups in total. The molecule has 1 aliphatic carbocycles. The first kappa shape index (κ1) is 14.2. The van der Waals surface area contributed by atoms with Crippen molar-refractivity contribution in [2.45, 2.75) is 64.1 Å². The van der Waals surface area contributed by atoms with Crippen LogP contribution in [0.25, 0.3) is 11.0 Å². The number of aryl methyl sites for hydroxylation is 1. The number of nitrogens with zero attached hydrogens (tertiary/aromatic N) is 3. The molecule has 1 aliphatic rings. The molecule has 1 saturated carbocycles. The standard InChI is InChI=1S/C15H21FN4O/c1-3-4-12-18-13-11(14(21)19-12)9-17-20(13)10-5-7-15(2,16)8-6-10/h9-10H,3-8H2,1-2H3,(H,18,19,21). The van der Waals surface area contributed by atoms with Gasteiger partial charge in [0, 0.05) is 6.42 Å². The van der Waals surface area contributed by atoms with Crippen molar-refractivity contribution in [3.05, 3.63) is 22.4 Å². The van der Waals surface area contributed by atoms with E-state index in [2.05, 4.69) is 15.1 Å². The van der Waals surface area contributed by atoms with Crippen LogP contribution < -0.4 is 5.56 Å². The maximum Gasteiger partial charge on any atom is 0.262 e. The first-order chi connectivity index (χ1) is 10.00. The van der Waals surface area contributed by atoms with Crippen LogP contribution in [0, 0.1) is 0 Å². The van der Waals surface area contributed by atoms with Crippen molar-refractivity contribution in [1.29, 1.82) is 0 Å². The molecule has 5 nitrogen and oxygen atoms in total. The Balaban J connectivity index is 1.98. The molecule has 0 bridgehead atoms. The van der Waals surface area contributed by atoms with E-state index >= 15 is 0 Å². The van der Waals surface area contributed by atoms with Crippen molar-refractivity contribution in [2.24, 2.45) is 0 Å². The summed E-state index contributed by atoms with van der Waals surface area (Å²) in [6.45, 7) is 3.71. The summed E-state index contributed by atoms with van der Waals surface area (Å²) in [6, 6.07) is 0.134. The number of hydrogen-bond donors (Lipinski definition) is 1. The lowest BCUT2D eigenvalue weighted by molar-refractivity contribution is 0.103. The Labute approximate surface area is 122 Å². The molecule has 6 heteroatoms. The average molecular weight is 292 g/mol. The van der Waals surface area contributed by atoms with Gasteiger partial charge in [0.25, 0.3) is 5.56 Å². The van der Waals surface area contributed by atoms with Crippen LogP contribution in [0.4, 0.5) is 4.39 Å². The Morgan fingerprint density at radius 1 is 1.48 bits per heavy atom. The van der Waals surface area contributed by atoms with E-state index in [9.17, 15) is 9.18 Å². The molecule has 114 valence electrons. The summed E-state index contributed by atoms with van der Waals surface area (Å²) in [7, 11) is 0. The molecule has 0 atom stereocenters. The van der Waals surface area contributed by atoms with Crippen LogP contribution in [0.3, 0.4) is 0 Å². The Hall–Kier alpha value is -1.72. The maximum atomic E-state index is 13.9. The third-order valence-corrected chi connectivity index (χ3v) is 4.34. The lowest BCUT2D eigenvalue weighted by Gasteiger charge is -2.31. The predicted molar refractivity (Wildman–Crippen MR) is 79.2 cm³/mol. The van der Waals surface area contributed by atoms with Crippen molar-refractivity contribution in [3.8, 4) is 0 Å². The summed E-state index contributed by atoms with van der Waals surface area (Å²) >= 11 is 0. The van der Waals surface area contributed by atoms with Gasteiger partial charge in [-0.15, -0.1) is 0 Å². The van der Waals surface area contributed by atoms with E-state index in [1.54, 1.807) is 13.1 Å². The summed E-state index contributed by atoms with van der Waals surface area (Å²) in [4.78, 5) is 19.4. The molecular formula is C15H21FN4O. The smallest absolute Gasteiger partial charge is 0.262 e. The molecular weight excluding hydrogens is 271 g/mol. The zero-order valence-electron chi connectivity index (χ0n) is 12.5. The van der Waals surface area contributed by atoms with Crippen LogP contribution in [0.1, 0.15) is 57.8 Å². The van der Waals surface area contributed by atoms with E-state index in [-0.39, 0.29) is 11.6 Å². The van der Waals surface area contributed by atoms with E-state index in [1.807, 2.05) is 11.6 Å². The van der Waals surface area contributed by atoms with E-state index in [0.717, 1.165) is 25.7 Å². The van der Waals surface area contributed by atoms with Crippen LogP contribution in [0.5, 0.6) is 0 Å². The van der Waals surface area contributed by atoms with Crippen molar-refractivity contribution in [3.63, 3.8) is 0 Å². The SMILES string of the molecule is CCCc1nc2c(cnn2C2CCC(C)(F)CC2)c(=O)[nH]1. The monoisotopic (exact) mass is 292 g/mol. The van der Waals surface area contributed by atoms with Crippen molar-refractivity contribution < 1.29 is 4.39 Å². The molecule has 2 aromatic heterocycles. The second-order valence-electron chi connectivity index (χ2n) is 6.23. The molecule has 0 aromatic carbocycles. The third kappa shape index (κ3) is 2.71. The number of H-pyrrole nitrogens is 1. The fourth-order valence-corrected chi connectivity index (χ4v) is 3.05. The first-order valence-corrected chi connectivity index (χ1v) is 7.65. The number of alkyl halides is 1. The van der Waals surface area contributed by atoms with Gasteiger partial charge in [0.15, 0.2) is 5.65 Å². The zero-order chi connectivity index (χ0) is 15.0. The van der Waals surface area contributed by atoms with E-state index in [4.69, 9.17) is 0 Å². The quantitative estimate of drug-likeness (QED) is 0.946. The Morgan fingerprint density at radius 3 is 2.86 bits per heavy atom. The highest BCUT2D eigenvalue weighted by molar-refractivity contribution is 5.73. The second kappa shape index (κ2) is 5.24. The fraction of sp³-hybridized carbons (Fsp3) is 0.667. The number of fused-ring (bicyclic) bond motifs is 1. The Kier molecular flexibility index (Phi) is 3.55.